The van der Waals surface area contributed by atoms with Crippen LogP contribution < -0.4 is 9.47 Å². The summed E-state index contributed by atoms with van der Waals surface area (Å²) in [5, 5.41) is 0. The van der Waals surface area contributed by atoms with Crippen molar-refractivity contribution in [2.24, 2.45) is 4.99 Å². The number of benzene rings is 3. The maximum atomic E-state index is 12.3. The molecule has 0 spiro atoms. The van der Waals surface area contributed by atoms with E-state index in [0.29, 0.717) is 11.3 Å². The predicted molar refractivity (Wildman–Crippen MR) is 133 cm³/mol. The van der Waals surface area contributed by atoms with Crippen LogP contribution in [-0.2, 0) is 0 Å². The second-order valence-corrected chi connectivity index (χ2v) is 8.40. The molecule has 166 valence electrons. The van der Waals surface area contributed by atoms with Gasteiger partial charge in [0, 0.05) is 10.7 Å². The highest BCUT2D eigenvalue weighted by Gasteiger charge is 2.08. The Morgan fingerprint density at radius 1 is 0.906 bits per heavy atom. The van der Waals surface area contributed by atoms with E-state index in [1.165, 1.54) is 25.7 Å². The molecule has 32 heavy (non-hydrogen) atoms. The van der Waals surface area contributed by atoms with Crippen molar-refractivity contribution in [1.82, 2.24) is 0 Å². The van der Waals surface area contributed by atoms with Gasteiger partial charge >= 0.3 is 5.97 Å². The lowest BCUT2D eigenvalue weighted by molar-refractivity contribution is 0.0734. The molecule has 0 bridgehead atoms. The van der Waals surface area contributed by atoms with Crippen LogP contribution in [0.1, 0.15) is 54.9 Å². The van der Waals surface area contributed by atoms with E-state index in [2.05, 4.69) is 27.8 Å². The van der Waals surface area contributed by atoms with Crippen molar-refractivity contribution in [3.8, 4) is 11.5 Å². The van der Waals surface area contributed by atoms with Gasteiger partial charge in [-0.25, -0.2) is 4.79 Å². The molecule has 5 heteroatoms. The number of rotatable bonds is 11. The number of ether oxygens (including phenoxy) is 2. The summed E-state index contributed by atoms with van der Waals surface area (Å²) in [7, 11) is 0. The number of esters is 1. The summed E-state index contributed by atoms with van der Waals surface area (Å²) in [5.41, 5.74) is 2.22. The largest absolute Gasteiger partial charge is 0.494 e. The Morgan fingerprint density at radius 2 is 1.66 bits per heavy atom. The minimum absolute atomic E-state index is 0.403. The van der Waals surface area contributed by atoms with E-state index in [4.69, 9.17) is 9.47 Å². The molecule has 0 unspecified atom stereocenters. The molecule has 4 nitrogen and oxygen atoms in total. The van der Waals surface area contributed by atoms with Crippen molar-refractivity contribution < 1.29 is 14.3 Å². The first-order valence-corrected chi connectivity index (χ1v) is 11.8. The third-order valence-corrected chi connectivity index (χ3v) is 5.36. The maximum absolute atomic E-state index is 12.3. The fraction of sp³-hybridized carbons (Fsp3) is 0.259. The van der Waals surface area contributed by atoms with Crippen molar-refractivity contribution in [3.63, 3.8) is 0 Å². The fourth-order valence-electron chi connectivity index (χ4n) is 3.07. The Balaban J connectivity index is 1.48. The summed E-state index contributed by atoms with van der Waals surface area (Å²) in [4.78, 5) is 16.8. The normalized spacial score (nSPS) is 10.9. The molecule has 0 saturated carbocycles. The molecule has 3 aromatic carbocycles. The maximum Gasteiger partial charge on any atom is 0.343 e. The van der Waals surface area contributed by atoms with E-state index in [-0.39, 0.29) is 0 Å². The molecule has 0 aromatic heterocycles. The monoisotopic (exact) mass is 493 g/mol. The van der Waals surface area contributed by atoms with Gasteiger partial charge in [0.15, 0.2) is 0 Å². The summed E-state index contributed by atoms with van der Waals surface area (Å²) in [6, 6.07) is 22.1. The van der Waals surface area contributed by atoms with Crippen LogP contribution in [0.3, 0.4) is 0 Å². The smallest absolute Gasteiger partial charge is 0.343 e. The van der Waals surface area contributed by atoms with Crippen LogP contribution in [0.15, 0.2) is 82.3 Å². The fourth-order valence-corrected chi connectivity index (χ4v) is 3.45. The van der Waals surface area contributed by atoms with E-state index in [9.17, 15) is 4.79 Å². The molecule has 3 aromatic rings. The van der Waals surface area contributed by atoms with Crippen LogP contribution in [0.2, 0.25) is 0 Å². The van der Waals surface area contributed by atoms with Crippen molar-refractivity contribution in [2.45, 2.75) is 39.0 Å². The first kappa shape index (κ1) is 23.7. The highest BCUT2D eigenvalue weighted by atomic mass is 79.9. The van der Waals surface area contributed by atoms with Crippen LogP contribution in [-0.4, -0.2) is 18.8 Å². The zero-order chi connectivity index (χ0) is 22.6. The first-order valence-electron chi connectivity index (χ1n) is 11.0. The van der Waals surface area contributed by atoms with Gasteiger partial charge < -0.3 is 9.47 Å². The predicted octanol–water partition coefficient (Wildman–Crippen LogP) is 7.77. The Bertz CT molecular complexity index is 1010. The molecular weight excluding hydrogens is 466 g/mol. The highest BCUT2D eigenvalue weighted by molar-refractivity contribution is 9.10. The standard InChI is InChI=1S/C27H28BrNO3/c1-2-3-4-5-6-18-31-25-16-10-21(11-17-25)20-29-24-14-12-22(13-15-24)27(30)32-26-9-7-8-23(28)19-26/h7-17,19-20H,2-6,18H2,1H3. The zero-order valence-electron chi connectivity index (χ0n) is 18.3. The molecule has 0 atom stereocenters. The van der Waals surface area contributed by atoms with Crippen molar-refractivity contribution in [1.29, 1.82) is 0 Å². The minimum Gasteiger partial charge on any atom is -0.494 e. The van der Waals surface area contributed by atoms with Gasteiger partial charge in [-0.05, 0) is 78.7 Å². The van der Waals surface area contributed by atoms with Gasteiger partial charge in [-0.3, -0.25) is 4.99 Å². The minimum atomic E-state index is -0.403. The van der Waals surface area contributed by atoms with Crippen LogP contribution in [0.25, 0.3) is 0 Å². The Labute approximate surface area is 198 Å². The number of aliphatic imine (C=N–C) groups is 1. The number of carbonyl (C=O) groups excluding carboxylic acids is 1. The van der Waals surface area contributed by atoms with Gasteiger partial charge in [0.1, 0.15) is 11.5 Å². The number of hydrogen-bond donors (Lipinski definition) is 0. The van der Waals surface area contributed by atoms with Gasteiger partial charge in [-0.15, -0.1) is 0 Å². The number of carbonyl (C=O) groups is 1. The molecule has 0 saturated heterocycles. The number of halogens is 1. The average Bonchev–Trinajstić information content (AvgIpc) is 2.81. The van der Waals surface area contributed by atoms with Crippen molar-refractivity contribution in [2.75, 3.05) is 6.61 Å². The van der Waals surface area contributed by atoms with E-state index in [0.717, 1.165) is 34.5 Å². The van der Waals surface area contributed by atoms with Crippen LogP contribution >= 0.6 is 15.9 Å². The zero-order valence-corrected chi connectivity index (χ0v) is 19.9. The van der Waals surface area contributed by atoms with Gasteiger partial charge in [0.05, 0.1) is 17.9 Å². The third kappa shape index (κ3) is 7.97. The molecule has 0 fully saturated rings. The molecule has 0 N–H and O–H groups in total. The summed E-state index contributed by atoms with van der Waals surface area (Å²) < 4.78 is 12.0. The third-order valence-electron chi connectivity index (χ3n) is 4.87. The molecule has 0 aliphatic heterocycles. The Morgan fingerprint density at radius 3 is 2.38 bits per heavy atom. The van der Waals surface area contributed by atoms with Crippen molar-refractivity contribution >= 4 is 33.8 Å². The van der Waals surface area contributed by atoms with Gasteiger partial charge in [-0.2, -0.15) is 0 Å². The topological polar surface area (TPSA) is 47.9 Å². The molecule has 0 aliphatic carbocycles. The lowest BCUT2D eigenvalue weighted by Gasteiger charge is -2.06. The average molecular weight is 494 g/mol. The van der Waals surface area contributed by atoms with Gasteiger partial charge in [-0.1, -0.05) is 54.6 Å². The molecule has 0 amide bonds. The Hall–Kier alpha value is -2.92. The molecule has 0 radical (unpaired) electrons. The number of hydrogen-bond acceptors (Lipinski definition) is 4. The van der Waals surface area contributed by atoms with Crippen LogP contribution in [0.5, 0.6) is 11.5 Å². The van der Waals surface area contributed by atoms with Crippen LogP contribution in [0, 0.1) is 0 Å². The van der Waals surface area contributed by atoms with Crippen LogP contribution in [0.4, 0.5) is 5.69 Å². The SMILES string of the molecule is CCCCCCCOc1ccc(C=Nc2ccc(C(=O)Oc3cccc(Br)c3)cc2)cc1. The molecule has 3 rings (SSSR count). The lowest BCUT2D eigenvalue weighted by atomic mass is 10.2. The van der Waals surface area contributed by atoms with E-state index in [1.807, 2.05) is 36.4 Å². The first-order chi connectivity index (χ1) is 15.6. The van der Waals surface area contributed by atoms with E-state index >= 15 is 0 Å². The molecular formula is C27H28BrNO3. The van der Waals surface area contributed by atoms with Gasteiger partial charge in [0.2, 0.25) is 0 Å². The summed E-state index contributed by atoms with van der Waals surface area (Å²) in [6.45, 7) is 2.98. The highest BCUT2D eigenvalue weighted by Crippen LogP contribution is 2.20. The second-order valence-electron chi connectivity index (χ2n) is 7.48. The molecule has 0 heterocycles. The second kappa shape index (κ2) is 12.8. The number of unbranched alkanes of at least 4 members (excludes halogenated alkanes) is 4. The summed E-state index contributed by atoms with van der Waals surface area (Å²) >= 11 is 3.37. The molecule has 0 aliphatic rings. The number of nitrogens with zero attached hydrogens (tertiary/aromatic N) is 1. The quantitative estimate of drug-likeness (QED) is 0.118. The van der Waals surface area contributed by atoms with Gasteiger partial charge in [0.25, 0.3) is 0 Å². The Kier molecular flexibility index (Phi) is 9.51. The van der Waals surface area contributed by atoms with Crippen molar-refractivity contribution in [3.05, 3.63) is 88.4 Å². The summed E-state index contributed by atoms with van der Waals surface area (Å²) in [6.07, 6.45) is 7.94. The van der Waals surface area contributed by atoms with E-state index < -0.39 is 5.97 Å². The van der Waals surface area contributed by atoms with E-state index in [1.54, 1.807) is 42.6 Å². The summed E-state index contributed by atoms with van der Waals surface area (Å²) in [5.74, 6) is 0.973. The lowest BCUT2D eigenvalue weighted by Crippen LogP contribution is -2.07.